The fraction of sp³-hybridized carbons (Fsp3) is 0.0625. The molecule has 0 radical (unpaired) electrons. The molecular formula is C16H12ClN3O. The molecule has 2 aromatic carbocycles. The normalized spacial score (nSPS) is 10.6. The molecule has 4 nitrogen and oxygen atoms in total. The van der Waals surface area contributed by atoms with E-state index in [1.165, 1.54) is 0 Å². The minimum Gasteiger partial charge on any atom is -0.339 e. The zero-order valence-corrected chi connectivity index (χ0v) is 12.1. The maximum Gasteiger partial charge on any atom is 0.156 e. The lowest BCUT2D eigenvalue weighted by atomic mass is 10.1. The van der Waals surface area contributed by atoms with Gasteiger partial charge in [0.2, 0.25) is 0 Å². The standard InChI is InChI=1S/C16H12ClN3O/c1-10-18-15(17)13(9-21)16(19-10)20-14-8-4-6-11-5-2-3-7-12(11)14/h2-9H,1H3,(H,18,19,20). The van der Waals surface area contributed by atoms with E-state index >= 15 is 0 Å². The van der Waals surface area contributed by atoms with Crippen LogP contribution >= 0.6 is 11.6 Å². The van der Waals surface area contributed by atoms with Gasteiger partial charge in [-0.1, -0.05) is 48.0 Å². The smallest absolute Gasteiger partial charge is 0.156 e. The number of carbonyl (C=O) groups excluding carboxylic acids is 1. The molecule has 0 fully saturated rings. The van der Waals surface area contributed by atoms with Crippen molar-refractivity contribution in [1.29, 1.82) is 0 Å². The van der Waals surface area contributed by atoms with Crippen molar-refractivity contribution >= 4 is 40.2 Å². The van der Waals surface area contributed by atoms with Crippen molar-refractivity contribution in [2.45, 2.75) is 6.92 Å². The number of benzene rings is 2. The minimum absolute atomic E-state index is 0.153. The Balaban J connectivity index is 2.13. The van der Waals surface area contributed by atoms with E-state index < -0.39 is 0 Å². The van der Waals surface area contributed by atoms with E-state index in [-0.39, 0.29) is 10.7 Å². The Morgan fingerprint density at radius 3 is 2.67 bits per heavy atom. The molecule has 0 aliphatic carbocycles. The highest BCUT2D eigenvalue weighted by Gasteiger charge is 2.12. The average Bonchev–Trinajstić information content (AvgIpc) is 2.47. The first-order valence-corrected chi connectivity index (χ1v) is 6.81. The summed E-state index contributed by atoms with van der Waals surface area (Å²) < 4.78 is 0. The van der Waals surface area contributed by atoms with Crippen LogP contribution < -0.4 is 5.32 Å². The third-order valence-corrected chi connectivity index (χ3v) is 3.46. The number of nitrogens with one attached hydrogen (secondary N) is 1. The van der Waals surface area contributed by atoms with Gasteiger partial charge in [-0.25, -0.2) is 9.97 Å². The first-order valence-electron chi connectivity index (χ1n) is 6.43. The van der Waals surface area contributed by atoms with Gasteiger partial charge in [0.1, 0.15) is 16.8 Å². The van der Waals surface area contributed by atoms with Gasteiger partial charge >= 0.3 is 0 Å². The molecule has 5 heteroatoms. The van der Waals surface area contributed by atoms with Crippen molar-refractivity contribution < 1.29 is 4.79 Å². The lowest BCUT2D eigenvalue weighted by Gasteiger charge is -2.11. The summed E-state index contributed by atoms with van der Waals surface area (Å²) in [5, 5.41) is 5.48. The van der Waals surface area contributed by atoms with Crippen molar-refractivity contribution in [2.24, 2.45) is 0 Å². The van der Waals surface area contributed by atoms with Gasteiger partial charge in [0.25, 0.3) is 0 Å². The molecule has 21 heavy (non-hydrogen) atoms. The van der Waals surface area contributed by atoms with E-state index in [0.29, 0.717) is 17.9 Å². The number of halogens is 1. The van der Waals surface area contributed by atoms with Crippen molar-refractivity contribution in [2.75, 3.05) is 5.32 Å². The van der Waals surface area contributed by atoms with Crippen LogP contribution in [0.15, 0.2) is 42.5 Å². The van der Waals surface area contributed by atoms with Crippen LogP contribution in [0.4, 0.5) is 11.5 Å². The third-order valence-electron chi connectivity index (χ3n) is 3.17. The Labute approximate surface area is 126 Å². The van der Waals surface area contributed by atoms with E-state index in [0.717, 1.165) is 16.5 Å². The molecule has 0 saturated carbocycles. The predicted molar refractivity (Wildman–Crippen MR) is 84.4 cm³/mol. The summed E-state index contributed by atoms with van der Waals surface area (Å²) in [6.07, 6.45) is 0.662. The van der Waals surface area contributed by atoms with E-state index in [9.17, 15) is 4.79 Å². The summed E-state index contributed by atoms with van der Waals surface area (Å²) >= 11 is 6.00. The largest absolute Gasteiger partial charge is 0.339 e. The fourth-order valence-electron chi connectivity index (χ4n) is 2.21. The van der Waals surface area contributed by atoms with Gasteiger partial charge in [-0.15, -0.1) is 0 Å². The number of aryl methyl sites for hydroxylation is 1. The number of rotatable bonds is 3. The highest BCUT2D eigenvalue weighted by Crippen LogP contribution is 2.28. The molecule has 3 rings (SSSR count). The fourth-order valence-corrected chi connectivity index (χ4v) is 2.47. The van der Waals surface area contributed by atoms with Crippen LogP contribution in [0.3, 0.4) is 0 Å². The number of hydrogen-bond donors (Lipinski definition) is 1. The molecule has 0 spiro atoms. The van der Waals surface area contributed by atoms with Crippen LogP contribution in [-0.4, -0.2) is 16.3 Å². The van der Waals surface area contributed by atoms with E-state index in [1.54, 1.807) is 6.92 Å². The Morgan fingerprint density at radius 2 is 1.86 bits per heavy atom. The number of anilines is 2. The lowest BCUT2D eigenvalue weighted by molar-refractivity contribution is 0.112. The summed E-state index contributed by atoms with van der Waals surface area (Å²) in [6, 6.07) is 13.9. The van der Waals surface area contributed by atoms with Crippen LogP contribution in [0.25, 0.3) is 10.8 Å². The molecular weight excluding hydrogens is 286 g/mol. The number of carbonyl (C=O) groups is 1. The van der Waals surface area contributed by atoms with Gasteiger partial charge in [0, 0.05) is 11.1 Å². The molecule has 1 aromatic heterocycles. The molecule has 0 amide bonds. The Bertz CT molecular complexity index is 828. The van der Waals surface area contributed by atoms with Gasteiger partial charge in [0.05, 0.1) is 5.56 Å². The molecule has 0 aliphatic rings. The molecule has 0 saturated heterocycles. The van der Waals surface area contributed by atoms with Crippen LogP contribution in [0.1, 0.15) is 16.2 Å². The first-order chi connectivity index (χ1) is 10.2. The second-order valence-electron chi connectivity index (χ2n) is 4.59. The van der Waals surface area contributed by atoms with Gasteiger partial charge in [-0.2, -0.15) is 0 Å². The topological polar surface area (TPSA) is 54.9 Å². The van der Waals surface area contributed by atoms with Crippen molar-refractivity contribution in [1.82, 2.24) is 9.97 Å². The molecule has 0 unspecified atom stereocenters. The van der Waals surface area contributed by atoms with Gasteiger partial charge in [-0.3, -0.25) is 4.79 Å². The third kappa shape index (κ3) is 2.58. The lowest BCUT2D eigenvalue weighted by Crippen LogP contribution is -2.03. The summed E-state index contributed by atoms with van der Waals surface area (Å²) in [5.41, 5.74) is 1.13. The number of hydrogen-bond acceptors (Lipinski definition) is 4. The summed E-state index contributed by atoms with van der Waals surface area (Å²) in [7, 11) is 0. The monoisotopic (exact) mass is 297 g/mol. The molecule has 0 atom stereocenters. The Hall–Kier alpha value is -2.46. The quantitative estimate of drug-likeness (QED) is 0.583. The molecule has 1 heterocycles. The Morgan fingerprint density at radius 1 is 1.10 bits per heavy atom. The van der Waals surface area contributed by atoms with Crippen LogP contribution in [0.2, 0.25) is 5.15 Å². The number of fused-ring (bicyclic) bond motifs is 1. The maximum absolute atomic E-state index is 11.2. The predicted octanol–water partition coefficient (Wildman–Crippen LogP) is 4.15. The highest BCUT2D eigenvalue weighted by atomic mass is 35.5. The van der Waals surface area contributed by atoms with Gasteiger partial charge in [-0.05, 0) is 18.4 Å². The second-order valence-corrected chi connectivity index (χ2v) is 4.95. The van der Waals surface area contributed by atoms with Crippen LogP contribution in [0, 0.1) is 6.92 Å². The number of aromatic nitrogens is 2. The number of nitrogens with zero attached hydrogens (tertiary/aromatic N) is 2. The average molecular weight is 298 g/mol. The maximum atomic E-state index is 11.2. The zero-order valence-electron chi connectivity index (χ0n) is 11.3. The van der Waals surface area contributed by atoms with E-state index in [1.807, 2.05) is 42.5 Å². The minimum atomic E-state index is 0.153. The van der Waals surface area contributed by atoms with Crippen molar-refractivity contribution in [3.63, 3.8) is 0 Å². The second kappa shape index (κ2) is 5.50. The molecule has 104 valence electrons. The summed E-state index contributed by atoms with van der Waals surface area (Å²) in [5.74, 6) is 0.923. The molecule has 3 aromatic rings. The summed E-state index contributed by atoms with van der Waals surface area (Å²) in [6.45, 7) is 1.73. The van der Waals surface area contributed by atoms with Crippen LogP contribution in [-0.2, 0) is 0 Å². The van der Waals surface area contributed by atoms with Crippen molar-refractivity contribution in [3.05, 3.63) is 59.0 Å². The summed E-state index contributed by atoms with van der Waals surface area (Å²) in [4.78, 5) is 19.5. The highest BCUT2D eigenvalue weighted by molar-refractivity contribution is 6.32. The van der Waals surface area contributed by atoms with Crippen LogP contribution in [0.5, 0.6) is 0 Å². The van der Waals surface area contributed by atoms with E-state index in [2.05, 4.69) is 15.3 Å². The number of aldehydes is 1. The Kier molecular flexibility index (Phi) is 3.54. The molecule has 0 aliphatic heterocycles. The zero-order chi connectivity index (χ0) is 14.8. The molecule has 0 bridgehead atoms. The van der Waals surface area contributed by atoms with Gasteiger partial charge < -0.3 is 5.32 Å². The SMILES string of the molecule is Cc1nc(Cl)c(C=O)c(Nc2cccc3ccccc23)n1. The van der Waals surface area contributed by atoms with Gasteiger partial charge in [0.15, 0.2) is 6.29 Å². The van der Waals surface area contributed by atoms with E-state index in [4.69, 9.17) is 11.6 Å². The molecule has 1 N–H and O–H groups in total. The first kappa shape index (κ1) is 13.5. The van der Waals surface area contributed by atoms with Crippen molar-refractivity contribution in [3.8, 4) is 0 Å².